The maximum atomic E-state index is 14.9. The first-order valence-corrected chi connectivity index (χ1v) is 13.6. The Balaban J connectivity index is 2.32. The SMILES string of the molecule is C=Cc1cc(C(=O)NOCC(O[Si](C)C)C(C)(C)C)c(Nc2ccc(I)cc2F)c(F)c1F. The van der Waals surface area contributed by atoms with E-state index in [0.29, 0.717) is 3.57 Å². The summed E-state index contributed by atoms with van der Waals surface area (Å²) in [6.45, 7) is 13.4. The van der Waals surface area contributed by atoms with E-state index >= 15 is 0 Å². The van der Waals surface area contributed by atoms with Crippen LogP contribution in [0.2, 0.25) is 13.1 Å². The molecule has 0 saturated heterocycles. The number of carbonyl (C=O) groups is 1. The van der Waals surface area contributed by atoms with Crippen LogP contribution in [0, 0.1) is 26.4 Å². The third-order valence-electron chi connectivity index (χ3n) is 4.63. The van der Waals surface area contributed by atoms with Gasteiger partial charge in [0.05, 0.1) is 23.0 Å². The molecule has 10 heteroatoms. The Hall–Kier alpha value is -1.89. The molecule has 5 nitrogen and oxygen atoms in total. The van der Waals surface area contributed by atoms with Gasteiger partial charge in [0, 0.05) is 9.13 Å². The Morgan fingerprint density at radius 1 is 1.21 bits per heavy atom. The normalized spacial score (nSPS) is 12.5. The molecular formula is C23H27F3IN2O3Si. The van der Waals surface area contributed by atoms with Gasteiger partial charge in [-0.25, -0.2) is 18.7 Å². The molecule has 0 bridgehead atoms. The molecule has 2 N–H and O–H groups in total. The summed E-state index contributed by atoms with van der Waals surface area (Å²) in [7, 11) is -1.03. The van der Waals surface area contributed by atoms with Crippen molar-refractivity contribution in [2.45, 2.75) is 40.0 Å². The predicted octanol–water partition coefficient (Wildman–Crippen LogP) is 6.44. The van der Waals surface area contributed by atoms with E-state index < -0.39 is 38.1 Å². The lowest BCUT2D eigenvalue weighted by Crippen LogP contribution is -2.39. The van der Waals surface area contributed by atoms with Crippen LogP contribution >= 0.6 is 22.6 Å². The van der Waals surface area contributed by atoms with Gasteiger partial charge in [-0.15, -0.1) is 0 Å². The number of hydroxylamine groups is 1. The van der Waals surface area contributed by atoms with Gasteiger partial charge in [-0.05, 0) is 65.4 Å². The van der Waals surface area contributed by atoms with E-state index in [9.17, 15) is 18.0 Å². The molecule has 0 aliphatic rings. The van der Waals surface area contributed by atoms with Gasteiger partial charge in [0.15, 0.2) is 11.6 Å². The van der Waals surface area contributed by atoms with Gasteiger partial charge in [-0.2, -0.15) is 0 Å². The quantitative estimate of drug-likeness (QED) is 0.200. The van der Waals surface area contributed by atoms with Gasteiger partial charge < -0.3 is 9.74 Å². The summed E-state index contributed by atoms with van der Waals surface area (Å²) in [6, 6.07) is 5.30. The minimum atomic E-state index is -1.34. The van der Waals surface area contributed by atoms with E-state index in [1.165, 1.54) is 12.1 Å². The van der Waals surface area contributed by atoms with Crippen LogP contribution in [0.5, 0.6) is 0 Å². The Kier molecular flexibility index (Phi) is 9.53. The highest BCUT2D eigenvalue weighted by atomic mass is 127. The highest BCUT2D eigenvalue weighted by Gasteiger charge is 2.28. The maximum absolute atomic E-state index is 14.9. The van der Waals surface area contributed by atoms with Crippen LogP contribution < -0.4 is 10.8 Å². The van der Waals surface area contributed by atoms with E-state index in [1.54, 1.807) is 6.07 Å². The monoisotopic (exact) mass is 591 g/mol. The van der Waals surface area contributed by atoms with Crippen molar-refractivity contribution in [3.05, 3.63) is 63.0 Å². The van der Waals surface area contributed by atoms with E-state index in [1.807, 2.05) is 56.5 Å². The van der Waals surface area contributed by atoms with Gasteiger partial charge in [-0.3, -0.25) is 9.63 Å². The topological polar surface area (TPSA) is 59.6 Å². The molecule has 1 radical (unpaired) electrons. The summed E-state index contributed by atoms with van der Waals surface area (Å²) in [5, 5.41) is 2.49. The molecule has 2 aromatic rings. The lowest BCUT2D eigenvalue weighted by atomic mass is 9.90. The highest BCUT2D eigenvalue weighted by molar-refractivity contribution is 14.1. The largest absolute Gasteiger partial charge is 0.411 e. The fourth-order valence-corrected chi connectivity index (χ4v) is 4.25. The van der Waals surface area contributed by atoms with Crippen molar-refractivity contribution in [3.63, 3.8) is 0 Å². The average Bonchev–Trinajstić information content (AvgIpc) is 2.71. The second-order valence-corrected chi connectivity index (χ2v) is 11.9. The van der Waals surface area contributed by atoms with Gasteiger partial charge in [0.25, 0.3) is 5.91 Å². The first-order chi connectivity index (χ1) is 15.3. The summed E-state index contributed by atoms with van der Waals surface area (Å²) in [6.07, 6.45) is 0.787. The minimum absolute atomic E-state index is 0.0532. The molecule has 0 aliphatic carbocycles. The molecule has 0 heterocycles. The van der Waals surface area contributed by atoms with Crippen LogP contribution in [0.4, 0.5) is 24.5 Å². The number of rotatable bonds is 9. The van der Waals surface area contributed by atoms with E-state index in [0.717, 1.165) is 12.1 Å². The molecule has 2 rings (SSSR count). The number of amides is 1. The molecule has 2 aromatic carbocycles. The lowest BCUT2D eigenvalue weighted by molar-refractivity contribution is -0.0390. The van der Waals surface area contributed by atoms with E-state index in [-0.39, 0.29) is 34.9 Å². The number of nitrogens with one attached hydrogen (secondary N) is 2. The molecule has 1 amide bonds. The van der Waals surface area contributed by atoms with Crippen molar-refractivity contribution in [2.75, 3.05) is 11.9 Å². The Bertz CT molecular complexity index is 1030. The summed E-state index contributed by atoms with van der Waals surface area (Å²) < 4.78 is 50.2. The van der Waals surface area contributed by atoms with Crippen LogP contribution in [0.15, 0.2) is 30.8 Å². The first kappa shape index (κ1) is 27.4. The summed E-state index contributed by atoms with van der Waals surface area (Å²) in [4.78, 5) is 18.2. The molecule has 1 unspecified atom stereocenters. The Morgan fingerprint density at radius 3 is 2.42 bits per heavy atom. The molecule has 0 spiro atoms. The van der Waals surface area contributed by atoms with Crippen LogP contribution in [-0.2, 0) is 9.26 Å². The number of hydrogen-bond acceptors (Lipinski definition) is 4. The smallest absolute Gasteiger partial charge is 0.277 e. The molecule has 0 saturated carbocycles. The number of benzene rings is 2. The van der Waals surface area contributed by atoms with Crippen molar-refractivity contribution in [1.29, 1.82) is 0 Å². The highest BCUT2D eigenvalue weighted by Crippen LogP contribution is 2.31. The second-order valence-electron chi connectivity index (χ2n) is 8.59. The summed E-state index contributed by atoms with van der Waals surface area (Å²) in [5.41, 5.74) is 0.886. The molecule has 0 fully saturated rings. The average molecular weight is 591 g/mol. The zero-order valence-electron chi connectivity index (χ0n) is 19.1. The number of anilines is 2. The van der Waals surface area contributed by atoms with Crippen LogP contribution in [-0.4, -0.2) is 27.7 Å². The zero-order chi connectivity index (χ0) is 24.9. The van der Waals surface area contributed by atoms with E-state index in [4.69, 9.17) is 9.26 Å². The van der Waals surface area contributed by atoms with E-state index in [2.05, 4.69) is 17.4 Å². The van der Waals surface area contributed by atoms with Crippen molar-refractivity contribution >= 4 is 55.0 Å². The van der Waals surface area contributed by atoms with Crippen molar-refractivity contribution in [3.8, 4) is 0 Å². The van der Waals surface area contributed by atoms with Gasteiger partial charge >= 0.3 is 0 Å². The molecule has 33 heavy (non-hydrogen) atoms. The summed E-state index contributed by atoms with van der Waals surface area (Å²) >= 11 is 1.92. The predicted molar refractivity (Wildman–Crippen MR) is 134 cm³/mol. The summed E-state index contributed by atoms with van der Waals surface area (Å²) in [5.74, 6) is -4.07. The zero-order valence-corrected chi connectivity index (χ0v) is 22.3. The van der Waals surface area contributed by atoms with Crippen LogP contribution in [0.3, 0.4) is 0 Å². The third-order valence-corrected chi connectivity index (χ3v) is 6.06. The fraction of sp³-hybridized carbons (Fsp3) is 0.348. The fourth-order valence-electron chi connectivity index (χ4n) is 2.80. The standard InChI is InChI=1S/C23H27F3IN2O3Si/c1-7-13-10-15(22(30)29-31-12-18(23(2,3)4)32-33(5)6)21(20(26)19(13)25)28-17-9-8-14(27)11-16(17)24/h7-11,18,28H,1,12H2,2-6H3,(H,29,30). The molecule has 1 atom stereocenters. The molecule has 0 aromatic heterocycles. The van der Waals surface area contributed by atoms with Gasteiger partial charge in [0.2, 0.25) is 9.04 Å². The Morgan fingerprint density at radius 2 is 1.88 bits per heavy atom. The minimum Gasteiger partial charge on any atom is -0.411 e. The maximum Gasteiger partial charge on any atom is 0.277 e. The first-order valence-electron chi connectivity index (χ1n) is 10.1. The number of halogens is 4. The second kappa shape index (κ2) is 11.5. The third kappa shape index (κ3) is 7.29. The Labute approximate surface area is 207 Å². The van der Waals surface area contributed by atoms with Crippen molar-refractivity contribution in [2.24, 2.45) is 5.41 Å². The number of carbonyl (C=O) groups excluding carboxylic acids is 1. The molecule has 179 valence electrons. The van der Waals surface area contributed by atoms with Gasteiger partial charge in [-0.1, -0.05) is 33.4 Å². The lowest BCUT2D eigenvalue weighted by Gasteiger charge is -2.31. The van der Waals surface area contributed by atoms with Crippen molar-refractivity contribution in [1.82, 2.24) is 5.48 Å². The molecular weight excluding hydrogens is 564 g/mol. The number of hydrogen-bond donors (Lipinski definition) is 2. The van der Waals surface area contributed by atoms with Crippen LogP contribution in [0.25, 0.3) is 6.08 Å². The van der Waals surface area contributed by atoms with Gasteiger partial charge in [0.1, 0.15) is 12.4 Å². The van der Waals surface area contributed by atoms with Crippen molar-refractivity contribution < 1.29 is 27.2 Å². The molecule has 0 aliphatic heterocycles. The van der Waals surface area contributed by atoms with Crippen LogP contribution in [0.1, 0.15) is 36.7 Å².